The maximum absolute atomic E-state index is 13.1. The van der Waals surface area contributed by atoms with Gasteiger partial charge in [0.25, 0.3) is 5.78 Å². The first-order valence-electron chi connectivity index (χ1n) is 10.9. The summed E-state index contributed by atoms with van der Waals surface area (Å²) in [5, 5.41) is 13.3. The van der Waals surface area contributed by atoms with E-state index in [4.69, 9.17) is 4.74 Å². The Hall–Kier alpha value is -4.30. The molecule has 1 aliphatic heterocycles. The monoisotopic (exact) mass is 483 g/mol. The molecule has 0 radical (unpaired) electrons. The number of aliphatic hydroxyl groups is 1. The number of Topliss-reactive ketones (excluding diaryl/α,β-unsaturated/α-hetero) is 1. The molecule has 1 N–H and O–H groups in total. The van der Waals surface area contributed by atoms with E-state index < -0.39 is 17.7 Å². The van der Waals surface area contributed by atoms with Gasteiger partial charge in [0.15, 0.2) is 5.13 Å². The van der Waals surface area contributed by atoms with E-state index in [9.17, 15) is 14.7 Å². The third-order valence-corrected chi connectivity index (χ3v) is 6.48. The summed E-state index contributed by atoms with van der Waals surface area (Å²) in [4.78, 5) is 35.7. The van der Waals surface area contributed by atoms with Gasteiger partial charge in [-0.1, -0.05) is 29.8 Å². The number of aromatic nitrogens is 2. The van der Waals surface area contributed by atoms with Crippen molar-refractivity contribution in [3.63, 3.8) is 0 Å². The van der Waals surface area contributed by atoms with Crippen molar-refractivity contribution in [1.29, 1.82) is 0 Å². The van der Waals surface area contributed by atoms with E-state index in [1.54, 1.807) is 60.4 Å². The molecule has 174 valence electrons. The van der Waals surface area contributed by atoms with E-state index in [-0.39, 0.29) is 11.3 Å². The Labute approximate surface area is 206 Å². The van der Waals surface area contributed by atoms with Gasteiger partial charge in [0.1, 0.15) is 18.1 Å². The normalized spacial score (nSPS) is 17.1. The van der Waals surface area contributed by atoms with Gasteiger partial charge in [-0.25, -0.2) is 4.98 Å². The van der Waals surface area contributed by atoms with Crippen LogP contribution in [0, 0.1) is 6.92 Å². The Morgan fingerprint density at radius 1 is 1.06 bits per heavy atom. The number of hydrogen-bond donors (Lipinski definition) is 1. The second-order valence-electron chi connectivity index (χ2n) is 8.07. The van der Waals surface area contributed by atoms with Crippen LogP contribution >= 0.6 is 11.3 Å². The Kier molecular flexibility index (Phi) is 6.12. The molecule has 1 fully saturated rings. The molecule has 2 aromatic carbocycles. The highest BCUT2D eigenvalue weighted by molar-refractivity contribution is 7.14. The zero-order chi connectivity index (χ0) is 24.4. The van der Waals surface area contributed by atoms with Crippen molar-refractivity contribution >= 4 is 33.9 Å². The molecule has 0 bridgehead atoms. The van der Waals surface area contributed by atoms with Gasteiger partial charge in [-0.15, -0.1) is 11.3 Å². The van der Waals surface area contributed by atoms with Crippen molar-refractivity contribution in [2.75, 3.05) is 4.90 Å². The fourth-order valence-electron chi connectivity index (χ4n) is 4.06. The van der Waals surface area contributed by atoms with Gasteiger partial charge in [-0.05, 0) is 54.4 Å². The number of carbonyl (C=O) groups excluding carboxylic acids is 2. The second-order valence-corrected chi connectivity index (χ2v) is 8.94. The van der Waals surface area contributed by atoms with Crippen LogP contribution in [-0.4, -0.2) is 26.8 Å². The number of hydrogen-bond acceptors (Lipinski definition) is 7. The molecule has 0 spiro atoms. The summed E-state index contributed by atoms with van der Waals surface area (Å²) < 4.78 is 5.86. The molecule has 0 saturated carbocycles. The van der Waals surface area contributed by atoms with E-state index in [2.05, 4.69) is 16.0 Å². The smallest absolute Gasteiger partial charge is 0.301 e. The van der Waals surface area contributed by atoms with Gasteiger partial charge in [-0.3, -0.25) is 19.5 Å². The highest BCUT2D eigenvalue weighted by atomic mass is 32.1. The van der Waals surface area contributed by atoms with Crippen LogP contribution in [0.3, 0.4) is 0 Å². The van der Waals surface area contributed by atoms with Crippen LogP contribution in [0.2, 0.25) is 0 Å². The molecule has 1 atom stereocenters. The number of ketones is 1. The Bertz CT molecular complexity index is 1400. The lowest BCUT2D eigenvalue weighted by Crippen LogP contribution is -2.29. The number of thiazole rings is 1. The summed E-state index contributed by atoms with van der Waals surface area (Å²) >= 11 is 1.25. The molecule has 0 aliphatic carbocycles. The van der Waals surface area contributed by atoms with E-state index in [0.29, 0.717) is 28.6 Å². The molecule has 8 heteroatoms. The maximum atomic E-state index is 13.1. The molecule has 3 heterocycles. The third kappa shape index (κ3) is 4.43. The Morgan fingerprint density at radius 2 is 1.83 bits per heavy atom. The van der Waals surface area contributed by atoms with Crippen LogP contribution in [0.25, 0.3) is 5.76 Å². The molecule has 2 aromatic heterocycles. The maximum Gasteiger partial charge on any atom is 0.301 e. The SMILES string of the molecule is Cc1cccc(COc2ccc(C(O)=C3C(=O)C(=O)N(c4nccs4)[C@@H]3c3ccncc3)cc2)c1. The van der Waals surface area contributed by atoms with E-state index in [0.717, 1.165) is 11.1 Å². The standard InChI is InChI=1S/C27H21N3O4S/c1-17-3-2-4-18(15-17)16-34-21-7-5-20(6-8-21)24(31)22-23(19-9-11-28-12-10-19)30(26(33)25(22)32)27-29-13-14-35-27/h2-15,23,31H,16H2,1H3/t23-/m1/s1. The number of nitrogens with zero attached hydrogens (tertiary/aromatic N) is 3. The number of carbonyl (C=O) groups is 2. The van der Waals surface area contributed by atoms with Crippen LogP contribution in [0.1, 0.15) is 28.3 Å². The van der Waals surface area contributed by atoms with Crippen molar-refractivity contribution < 1.29 is 19.4 Å². The molecule has 4 aromatic rings. The lowest BCUT2D eigenvalue weighted by Gasteiger charge is -2.22. The average molecular weight is 484 g/mol. The summed E-state index contributed by atoms with van der Waals surface area (Å²) in [5.41, 5.74) is 3.27. The van der Waals surface area contributed by atoms with Crippen LogP contribution in [0.15, 0.2) is 90.2 Å². The first kappa shape index (κ1) is 22.5. The van der Waals surface area contributed by atoms with Crippen molar-refractivity contribution in [1.82, 2.24) is 9.97 Å². The van der Waals surface area contributed by atoms with E-state index in [1.807, 2.05) is 25.1 Å². The van der Waals surface area contributed by atoms with Gasteiger partial charge < -0.3 is 9.84 Å². The molecule has 0 unspecified atom stereocenters. The van der Waals surface area contributed by atoms with Crippen molar-refractivity contribution in [3.05, 3.63) is 112 Å². The molecule has 1 saturated heterocycles. The molecule has 1 aliphatic rings. The molecular weight excluding hydrogens is 462 g/mol. The van der Waals surface area contributed by atoms with Gasteiger partial charge in [0.05, 0.1) is 11.6 Å². The van der Waals surface area contributed by atoms with Gasteiger partial charge in [-0.2, -0.15) is 0 Å². The average Bonchev–Trinajstić information content (AvgIpc) is 3.50. The highest BCUT2D eigenvalue weighted by Gasteiger charge is 2.47. The number of aliphatic hydroxyl groups excluding tert-OH is 1. The summed E-state index contributed by atoms with van der Waals surface area (Å²) in [6, 6.07) is 17.5. The van der Waals surface area contributed by atoms with Gasteiger partial charge in [0.2, 0.25) is 0 Å². The predicted molar refractivity (Wildman–Crippen MR) is 133 cm³/mol. The Balaban J connectivity index is 1.47. The van der Waals surface area contributed by atoms with Crippen LogP contribution in [0.5, 0.6) is 5.75 Å². The van der Waals surface area contributed by atoms with Crippen molar-refractivity contribution in [2.45, 2.75) is 19.6 Å². The number of anilines is 1. The summed E-state index contributed by atoms with van der Waals surface area (Å²) in [5.74, 6) is -1.13. The molecule has 5 rings (SSSR count). The zero-order valence-electron chi connectivity index (χ0n) is 18.8. The lowest BCUT2D eigenvalue weighted by atomic mass is 9.96. The van der Waals surface area contributed by atoms with Crippen LogP contribution in [-0.2, 0) is 16.2 Å². The largest absolute Gasteiger partial charge is 0.507 e. The van der Waals surface area contributed by atoms with Crippen LogP contribution < -0.4 is 9.64 Å². The third-order valence-electron chi connectivity index (χ3n) is 5.71. The van der Waals surface area contributed by atoms with E-state index in [1.165, 1.54) is 16.2 Å². The van der Waals surface area contributed by atoms with Gasteiger partial charge in [0, 0.05) is 29.5 Å². The Morgan fingerprint density at radius 3 is 2.51 bits per heavy atom. The lowest BCUT2D eigenvalue weighted by molar-refractivity contribution is -0.132. The topological polar surface area (TPSA) is 92.6 Å². The fraction of sp³-hybridized carbons (Fsp3) is 0.111. The molecule has 1 amide bonds. The van der Waals surface area contributed by atoms with Gasteiger partial charge >= 0.3 is 5.91 Å². The first-order valence-corrected chi connectivity index (χ1v) is 11.8. The predicted octanol–water partition coefficient (Wildman–Crippen LogP) is 5.05. The number of rotatable bonds is 6. The number of amides is 1. The summed E-state index contributed by atoms with van der Waals surface area (Å²) in [6.45, 7) is 2.44. The molecular formula is C27H21N3O4S. The zero-order valence-corrected chi connectivity index (χ0v) is 19.6. The van der Waals surface area contributed by atoms with Crippen molar-refractivity contribution in [2.24, 2.45) is 0 Å². The van der Waals surface area contributed by atoms with Crippen molar-refractivity contribution in [3.8, 4) is 5.75 Å². The minimum absolute atomic E-state index is 0.00447. The fourth-order valence-corrected chi connectivity index (χ4v) is 4.73. The summed E-state index contributed by atoms with van der Waals surface area (Å²) in [7, 11) is 0. The summed E-state index contributed by atoms with van der Waals surface area (Å²) in [6.07, 6.45) is 4.73. The number of aryl methyl sites for hydroxylation is 1. The number of pyridine rings is 1. The minimum Gasteiger partial charge on any atom is -0.507 e. The second kappa shape index (κ2) is 9.52. The molecule has 7 nitrogen and oxygen atoms in total. The highest BCUT2D eigenvalue weighted by Crippen LogP contribution is 2.42. The minimum atomic E-state index is -0.818. The van der Waals surface area contributed by atoms with E-state index >= 15 is 0 Å². The quantitative estimate of drug-likeness (QED) is 0.234. The first-order chi connectivity index (χ1) is 17.0. The van der Waals surface area contributed by atoms with Crippen LogP contribution in [0.4, 0.5) is 5.13 Å². The molecule has 35 heavy (non-hydrogen) atoms. The number of benzene rings is 2. The number of ether oxygens (including phenoxy) is 1.